The lowest BCUT2D eigenvalue weighted by atomic mass is 10.1. The second-order valence-electron chi connectivity index (χ2n) is 5.00. The molecule has 0 radical (unpaired) electrons. The van der Waals surface area contributed by atoms with E-state index in [9.17, 15) is 13.2 Å². The number of carbonyl (C=O) groups excluding carboxylic acids is 1. The average Bonchev–Trinajstić information content (AvgIpc) is 2.43. The van der Waals surface area contributed by atoms with E-state index < -0.39 is 10.0 Å². The Morgan fingerprint density at radius 1 is 1.19 bits per heavy atom. The number of hydrogen-bond acceptors (Lipinski definition) is 3. The molecule has 0 spiro atoms. The molecule has 0 unspecified atom stereocenters. The van der Waals surface area contributed by atoms with Gasteiger partial charge in [0.25, 0.3) is 0 Å². The minimum Gasteiger partial charge on any atom is -0.356 e. The first-order chi connectivity index (χ1) is 9.93. The van der Waals surface area contributed by atoms with E-state index in [-0.39, 0.29) is 18.9 Å². The molecular weight excluding hydrogens is 288 g/mol. The fraction of sp³-hybridized carbons (Fsp3) is 0.533. The molecule has 0 aliphatic heterocycles. The number of hydrogen-bond donors (Lipinski definition) is 1. The van der Waals surface area contributed by atoms with Crippen molar-refractivity contribution >= 4 is 15.9 Å². The van der Waals surface area contributed by atoms with Gasteiger partial charge in [-0.2, -0.15) is 0 Å². The van der Waals surface area contributed by atoms with Crippen LogP contribution in [0.5, 0.6) is 0 Å². The Morgan fingerprint density at radius 2 is 1.86 bits per heavy atom. The molecule has 118 valence electrons. The van der Waals surface area contributed by atoms with Crippen LogP contribution in [0, 0.1) is 0 Å². The molecular formula is C15H24N2O3S. The fourth-order valence-electron chi connectivity index (χ4n) is 2.00. The van der Waals surface area contributed by atoms with Crippen molar-refractivity contribution in [3.63, 3.8) is 0 Å². The molecule has 0 saturated heterocycles. The number of amides is 1. The zero-order chi connectivity index (χ0) is 15.7. The Kier molecular flexibility index (Phi) is 7.39. The number of nitrogens with zero attached hydrogens (tertiary/aromatic N) is 1. The maximum atomic E-state index is 11.7. The van der Waals surface area contributed by atoms with Crippen LogP contribution in [0.25, 0.3) is 0 Å². The number of benzene rings is 1. The van der Waals surface area contributed by atoms with Gasteiger partial charge in [0, 0.05) is 26.1 Å². The van der Waals surface area contributed by atoms with Crippen molar-refractivity contribution in [3.05, 3.63) is 35.9 Å². The van der Waals surface area contributed by atoms with E-state index >= 15 is 0 Å². The third kappa shape index (κ3) is 7.24. The molecule has 0 aliphatic carbocycles. The van der Waals surface area contributed by atoms with Gasteiger partial charge in [-0.15, -0.1) is 0 Å². The van der Waals surface area contributed by atoms with Crippen molar-refractivity contribution in [3.8, 4) is 0 Å². The van der Waals surface area contributed by atoms with Crippen LogP contribution >= 0.6 is 0 Å². The number of nitrogens with one attached hydrogen (secondary N) is 1. The average molecular weight is 312 g/mol. The number of sulfonamides is 1. The third-order valence-electron chi connectivity index (χ3n) is 3.11. The van der Waals surface area contributed by atoms with Gasteiger partial charge in [-0.25, -0.2) is 12.7 Å². The summed E-state index contributed by atoms with van der Waals surface area (Å²) in [5.74, 6) is -0.115. The maximum Gasteiger partial charge on any atom is 0.221 e. The first-order valence-electron chi connectivity index (χ1n) is 7.19. The van der Waals surface area contributed by atoms with E-state index in [0.29, 0.717) is 13.1 Å². The second kappa shape index (κ2) is 8.79. The Bertz CT molecular complexity index is 529. The topological polar surface area (TPSA) is 66.5 Å². The van der Waals surface area contributed by atoms with Crippen molar-refractivity contribution < 1.29 is 13.2 Å². The van der Waals surface area contributed by atoms with Crippen LogP contribution in [0.3, 0.4) is 0 Å². The van der Waals surface area contributed by atoms with Gasteiger partial charge in [0.15, 0.2) is 0 Å². The van der Waals surface area contributed by atoms with Gasteiger partial charge in [-0.1, -0.05) is 37.3 Å². The summed E-state index contributed by atoms with van der Waals surface area (Å²) in [5, 5.41) is 2.82. The molecule has 0 heterocycles. The SMILES string of the molecule is CCCN(CCC(=O)NCCc1ccccc1)S(C)(=O)=O. The number of rotatable bonds is 9. The normalized spacial score (nSPS) is 11.6. The molecule has 0 aliphatic rings. The molecule has 0 saturated carbocycles. The number of carbonyl (C=O) groups is 1. The van der Waals surface area contributed by atoms with Crippen LogP contribution in [0.1, 0.15) is 25.3 Å². The second-order valence-corrected chi connectivity index (χ2v) is 6.98. The minimum absolute atomic E-state index is 0.115. The zero-order valence-electron chi connectivity index (χ0n) is 12.7. The summed E-state index contributed by atoms with van der Waals surface area (Å²) in [5.41, 5.74) is 1.17. The predicted molar refractivity (Wildman–Crippen MR) is 84.5 cm³/mol. The Labute approximate surface area is 127 Å². The van der Waals surface area contributed by atoms with Gasteiger partial charge < -0.3 is 5.32 Å². The summed E-state index contributed by atoms with van der Waals surface area (Å²) in [6, 6.07) is 9.91. The van der Waals surface area contributed by atoms with Gasteiger partial charge >= 0.3 is 0 Å². The summed E-state index contributed by atoms with van der Waals surface area (Å²) >= 11 is 0. The highest BCUT2D eigenvalue weighted by molar-refractivity contribution is 7.88. The molecule has 1 aromatic rings. The monoisotopic (exact) mass is 312 g/mol. The lowest BCUT2D eigenvalue weighted by molar-refractivity contribution is -0.121. The summed E-state index contributed by atoms with van der Waals surface area (Å²) in [6.45, 7) is 3.17. The standard InChI is InChI=1S/C15H24N2O3S/c1-3-12-17(21(2,19)20)13-10-15(18)16-11-9-14-7-5-4-6-8-14/h4-8H,3,9-13H2,1-2H3,(H,16,18). The predicted octanol–water partition coefficient (Wildman–Crippen LogP) is 1.41. The maximum absolute atomic E-state index is 11.7. The molecule has 5 nitrogen and oxygen atoms in total. The summed E-state index contributed by atoms with van der Waals surface area (Å²) in [4.78, 5) is 11.7. The van der Waals surface area contributed by atoms with E-state index in [1.165, 1.54) is 16.1 Å². The van der Waals surface area contributed by atoms with Gasteiger partial charge in [0.05, 0.1) is 6.26 Å². The van der Waals surface area contributed by atoms with Crippen LogP contribution < -0.4 is 5.32 Å². The Hall–Kier alpha value is -1.40. The van der Waals surface area contributed by atoms with Crippen molar-refractivity contribution in [2.24, 2.45) is 0 Å². The quantitative estimate of drug-likeness (QED) is 0.749. The molecule has 1 N–H and O–H groups in total. The smallest absolute Gasteiger partial charge is 0.221 e. The van der Waals surface area contributed by atoms with E-state index in [1.807, 2.05) is 37.3 Å². The molecule has 1 aromatic carbocycles. The van der Waals surface area contributed by atoms with Crippen LogP contribution in [0.2, 0.25) is 0 Å². The van der Waals surface area contributed by atoms with Gasteiger partial charge in [0.2, 0.25) is 15.9 Å². The van der Waals surface area contributed by atoms with Gasteiger partial charge in [-0.05, 0) is 18.4 Å². The first kappa shape index (κ1) is 17.7. The Morgan fingerprint density at radius 3 is 2.43 bits per heavy atom. The summed E-state index contributed by atoms with van der Waals surface area (Å²) in [7, 11) is -3.23. The van der Waals surface area contributed by atoms with Crippen molar-refractivity contribution in [2.75, 3.05) is 25.9 Å². The van der Waals surface area contributed by atoms with E-state index in [2.05, 4.69) is 5.32 Å². The van der Waals surface area contributed by atoms with E-state index in [0.717, 1.165) is 12.8 Å². The molecule has 0 fully saturated rings. The third-order valence-corrected chi connectivity index (χ3v) is 4.41. The fourth-order valence-corrected chi connectivity index (χ4v) is 2.94. The van der Waals surface area contributed by atoms with Crippen LogP contribution in [0.4, 0.5) is 0 Å². The molecule has 1 rings (SSSR count). The Balaban J connectivity index is 2.30. The molecule has 0 atom stereocenters. The van der Waals surface area contributed by atoms with Crippen LogP contribution in [-0.2, 0) is 21.2 Å². The highest BCUT2D eigenvalue weighted by Crippen LogP contribution is 2.02. The highest BCUT2D eigenvalue weighted by atomic mass is 32.2. The molecule has 0 bridgehead atoms. The van der Waals surface area contributed by atoms with Crippen molar-refractivity contribution in [1.82, 2.24) is 9.62 Å². The largest absolute Gasteiger partial charge is 0.356 e. The molecule has 1 amide bonds. The summed E-state index contributed by atoms with van der Waals surface area (Å²) < 4.78 is 24.4. The molecule has 21 heavy (non-hydrogen) atoms. The van der Waals surface area contributed by atoms with Crippen molar-refractivity contribution in [1.29, 1.82) is 0 Å². The molecule has 6 heteroatoms. The molecule has 0 aromatic heterocycles. The highest BCUT2D eigenvalue weighted by Gasteiger charge is 2.16. The van der Waals surface area contributed by atoms with Crippen molar-refractivity contribution in [2.45, 2.75) is 26.2 Å². The van der Waals surface area contributed by atoms with E-state index in [4.69, 9.17) is 0 Å². The lowest BCUT2D eigenvalue weighted by Gasteiger charge is -2.18. The zero-order valence-corrected chi connectivity index (χ0v) is 13.5. The first-order valence-corrected chi connectivity index (χ1v) is 9.04. The summed E-state index contributed by atoms with van der Waals surface area (Å²) in [6.07, 6.45) is 2.89. The lowest BCUT2D eigenvalue weighted by Crippen LogP contribution is -2.35. The van der Waals surface area contributed by atoms with Gasteiger partial charge in [0.1, 0.15) is 0 Å². The minimum atomic E-state index is -3.23. The van der Waals surface area contributed by atoms with Crippen LogP contribution in [0.15, 0.2) is 30.3 Å². The van der Waals surface area contributed by atoms with Gasteiger partial charge in [-0.3, -0.25) is 4.79 Å². The van der Waals surface area contributed by atoms with E-state index in [1.54, 1.807) is 0 Å². The van der Waals surface area contributed by atoms with Crippen LogP contribution in [-0.4, -0.2) is 44.5 Å².